The van der Waals surface area contributed by atoms with Crippen molar-refractivity contribution >= 4 is 0 Å². The Balaban J connectivity index is 1.77. The van der Waals surface area contributed by atoms with Gasteiger partial charge in [-0.1, -0.05) is 5.16 Å². The molecular weight excluding hydrogens is 196 g/mol. The van der Waals surface area contributed by atoms with Gasteiger partial charge in [-0.05, 0) is 13.0 Å². The Labute approximate surface area is 88.7 Å². The average Bonchev–Trinajstić information content (AvgIpc) is 2.85. The van der Waals surface area contributed by atoms with Gasteiger partial charge in [-0.25, -0.2) is 0 Å². The number of nitrogens with zero attached hydrogens (tertiary/aromatic N) is 1. The van der Waals surface area contributed by atoms with E-state index in [4.69, 9.17) is 14.0 Å². The highest BCUT2D eigenvalue weighted by Crippen LogP contribution is 2.09. The van der Waals surface area contributed by atoms with Crippen molar-refractivity contribution in [3.05, 3.63) is 17.5 Å². The van der Waals surface area contributed by atoms with Gasteiger partial charge in [0.15, 0.2) is 5.76 Å². The average molecular weight is 212 g/mol. The molecule has 0 saturated carbocycles. The molecule has 1 saturated heterocycles. The molecule has 84 valence electrons. The molecule has 2 heterocycles. The first kappa shape index (κ1) is 10.6. The first-order valence-corrected chi connectivity index (χ1v) is 5.14. The zero-order valence-corrected chi connectivity index (χ0v) is 8.86. The molecule has 0 radical (unpaired) electrons. The summed E-state index contributed by atoms with van der Waals surface area (Å²) in [7, 11) is 1.63. The van der Waals surface area contributed by atoms with Crippen molar-refractivity contribution in [2.45, 2.75) is 25.7 Å². The SMILES string of the molecule is COCc1cc(COC2CCNC2)no1. The number of nitrogens with one attached hydrogen (secondary N) is 1. The summed E-state index contributed by atoms with van der Waals surface area (Å²) in [4.78, 5) is 0. The Hall–Kier alpha value is -0.910. The lowest BCUT2D eigenvalue weighted by Crippen LogP contribution is -2.16. The topological polar surface area (TPSA) is 56.5 Å². The Morgan fingerprint density at radius 3 is 3.27 bits per heavy atom. The van der Waals surface area contributed by atoms with Crippen LogP contribution < -0.4 is 5.32 Å². The molecule has 15 heavy (non-hydrogen) atoms. The first-order chi connectivity index (χ1) is 7.38. The molecule has 0 amide bonds. The number of rotatable bonds is 5. The molecule has 0 aromatic carbocycles. The maximum Gasteiger partial charge on any atom is 0.162 e. The number of methoxy groups -OCH3 is 1. The highest BCUT2D eigenvalue weighted by atomic mass is 16.5. The number of aromatic nitrogens is 1. The minimum atomic E-state index is 0.313. The van der Waals surface area contributed by atoms with Crippen LogP contribution in [0.3, 0.4) is 0 Å². The highest BCUT2D eigenvalue weighted by molar-refractivity contribution is 5.03. The molecule has 1 fully saturated rings. The van der Waals surface area contributed by atoms with E-state index in [0.717, 1.165) is 31.0 Å². The van der Waals surface area contributed by atoms with Crippen LogP contribution in [0.25, 0.3) is 0 Å². The zero-order valence-electron chi connectivity index (χ0n) is 8.86. The van der Waals surface area contributed by atoms with Crippen molar-refractivity contribution in [3.63, 3.8) is 0 Å². The molecule has 0 aliphatic carbocycles. The lowest BCUT2D eigenvalue weighted by molar-refractivity contribution is 0.0506. The van der Waals surface area contributed by atoms with Crippen LogP contribution in [0, 0.1) is 0 Å². The second-order valence-electron chi connectivity index (χ2n) is 3.64. The van der Waals surface area contributed by atoms with E-state index < -0.39 is 0 Å². The van der Waals surface area contributed by atoms with E-state index in [2.05, 4.69) is 10.5 Å². The van der Waals surface area contributed by atoms with Gasteiger partial charge in [0.25, 0.3) is 0 Å². The minimum Gasteiger partial charge on any atom is -0.377 e. The molecule has 1 aliphatic heterocycles. The highest BCUT2D eigenvalue weighted by Gasteiger charge is 2.15. The summed E-state index contributed by atoms with van der Waals surface area (Å²) in [6.07, 6.45) is 1.38. The van der Waals surface area contributed by atoms with Crippen LogP contribution in [-0.4, -0.2) is 31.5 Å². The van der Waals surface area contributed by atoms with E-state index in [0.29, 0.717) is 19.3 Å². The zero-order chi connectivity index (χ0) is 10.5. The smallest absolute Gasteiger partial charge is 0.162 e. The van der Waals surface area contributed by atoms with Crippen molar-refractivity contribution in [2.75, 3.05) is 20.2 Å². The summed E-state index contributed by atoms with van der Waals surface area (Å²) in [5.41, 5.74) is 0.828. The quantitative estimate of drug-likeness (QED) is 0.778. The lowest BCUT2D eigenvalue weighted by Gasteiger charge is -2.07. The maximum absolute atomic E-state index is 5.65. The Kier molecular flexibility index (Phi) is 3.71. The Morgan fingerprint density at radius 2 is 2.53 bits per heavy atom. The monoisotopic (exact) mass is 212 g/mol. The van der Waals surface area contributed by atoms with Gasteiger partial charge in [-0.2, -0.15) is 0 Å². The predicted octanol–water partition coefficient (Wildman–Crippen LogP) is 0.700. The van der Waals surface area contributed by atoms with Gasteiger partial charge in [-0.15, -0.1) is 0 Å². The molecule has 0 spiro atoms. The van der Waals surface area contributed by atoms with Crippen molar-refractivity contribution < 1.29 is 14.0 Å². The molecule has 1 N–H and O–H groups in total. The number of ether oxygens (including phenoxy) is 2. The molecule has 1 aromatic heterocycles. The second kappa shape index (κ2) is 5.25. The molecular formula is C10H16N2O3. The fraction of sp³-hybridized carbons (Fsp3) is 0.700. The van der Waals surface area contributed by atoms with Crippen molar-refractivity contribution in [1.29, 1.82) is 0 Å². The van der Waals surface area contributed by atoms with E-state index in [9.17, 15) is 0 Å². The molecule has 1 aliphatic rings. The lowest BCUT2D eigenvalue weighted by atomic mass is 10.3. The standard InChI is InChI=1S/C10H16N2O3/c1-13-7-10-4-8(12-15-10)6-14-9-2-3-11-5-9/h4,9,11H,2-3,5-7H2,1H3. The molecule has 5 nitrogen and oxygen atoms in total. The van der Waals surface area contributed by atoms with Crippen LogP contribution in [0.2, 0.25) is 0 Å². The summed E-state index contributed by atoms with van der Waals surface area (Å²) < 4.78 is 15.6. The summed E-state index contributed by atoms with van der Waals surface area (Å²) in [6, 6.07) is 1.87. The van der Waals surface area contributed by atoms with E-state index >= 15 is 0 Å². The van der Waals surface area contributed by atoms with Crippen molar-refractivity contribution in [1.82, 2.24) is 10.5 Å². The van der Waals surface area contributed by atoms with Crippen molar-refractivity contribution in [2.24, 2.45) is 0 Å². The fourth-order valence-electron chi connectivity index (χ4n) is 1.61. The van der Waals surface area contributed by atoms with Crippen LogP contribution in [0.5, 0.6) is 0 Å². The van der Waals surface area contributed by atoms with Gasteiger partial charge in [0.1, 0.15) is 12.3 Å². The molecule has 1 atom stereocenters. The van der Waals surface area contributed by atoms with E-state index in [1.165, 1.54) is 0 Å². The van der Waals surface area contributed by atoms with Crippen LogP contribution in [0.15, 0.2) is 10.6 Å². The first-order valence-electron chi connectivity index (χ1n) is 5.14. The molecule has 1 unspecified atom stereocenters. The van der Waals surface area contributed by atoms with Gasteiger partial charge in [0, 0.05) is 19.7 Å². The van der Waals surface area contributed by atoms with Crippen LogP contribution in [-0.2, 0) is 22.7 Å². The number of hydrogen-bond acceptors (Lipinski definition) is 5. The van der Waals surface area contributed by atoms with Crippen LogP contribution >= 0.6 is 0 Å². The minimum absolute atomic E-state index is 0.313. The van der Waals surface area contributed by atoms with E-state index in [1.54, 1.807) is 7.11 Å². The predicted molar refractivity (Wildman–Crippen MR) is 53.3 cm³/mol. The number of hydrogen-bond donors (Lipinski definition) is 1. The summed E-state index contributed by atoms with van der Waals surface area (Å²) in [5.74, 6) is 0.737. The maximum atomic E-state index is 5.65. The van der Waals surface area contributed by atoms with Gasteiger partial charge < -0.3 is 19.3 Å². The van der Waals surface area contributed by atoms with Crippen LogP contribution in [0.4, 0.5) is 0 Å². The summed E-state index contributed by atoms with van der Waals surface area (Å²) in [6.45, 7) is 2.94. The fourth-order valence-corrected chi connectivity index (χ4v) is 1.61. The van der Waals surface area contributed by atoms with E-state index in [1.807, 2.05) is 6.07 Å². The van der Waals surface area contributed by atoms with Crippen molar-refractivity contribution in [3.8, 4) is 0 Å². The van der Waals surface area contributed by atoms with Crippen LogP contribution in [0.1, 0.15) is 17.9 Å². The largest absolute Gasteiger partial charge is 0.377 e. The second-order valence-corrected chi connectivity index (χ2v) is 3.64. The third kappa shape index (κ3) is 3.02. The Bertz CT molecular complexity index is 295. The summed E-state index contributed by atoms with van der Waals surface area (Å²) >= 11 is 0. The molecule has 0 bridgehead atoms. The molecule has 1 aromatic rings. The van der Waals surface area contributed by atoms with Gasteiger partial charge in [0.05, 0.1) is 12.7 Å². The third-order valence-electron chi connectivity index (χ3n) is 2.38. The Morgan fingerprint density at radius 1 is 1.60 bits per heavy atom. The van der Waals surface area contributed by atoms with E-state index in [-0.39, 0.29) is 0 Å². The molecule has 5 heteroatoms. The van der Waals surface area contributed by atoms with Gasteiger partial charge >= 0.3 is 0 Å². The van der Waals surface area contributed by atoms with Gasteiger partial charge in [0.2, 0.25) is 0 Å². The molecule has 2 rings (SSSR count). The summed E-state index contributed by atoms with van der Waals surface area (Å²) in [5, 5.41) is 7.14. The third-order valence-corrected chi connectivity index (χ3v) is 2.38. The van der Waals surface area contributed by atoms with Gasteiger partial charge in [-0.3, -0.25) is 0 Å². The normalized spacial score (nSPS) is 21.0.